The number of halogens is 2. The van der Waals surface area contributed by atoms with E-state index >= 15 is 0 Å². The predicted molar refractivity (Wildman–Crippen MR) is 223 cm³/mol. The standard InChI is InChI=1S/C43H41Cl2N7O9/c1-43(23-53,42(58)59)50-19-24-8-11-36(49-18-24)51-39(57)33-7-3-6-32(38(33)45)29-4-2-5-31-30(29)9-10-35(31)61-41-34(44)13-27(20-48-21-28(54)14-37(55)56)40(52-41)60-22-26-12-25(15-46)16-47-17-26/h2-8,11-13,16-18,28,35,48,50,53-54H,9-10,14,19-23H2,1H3,(H,55,56)(H,58,59)(H,49,51,57)/t28?,35-,43?/m0/s1. The average molecular weight is 871 g/mol. The monoisotopic (exact) mass is 869 g/mol. The van der Waals surface area contributed by atoms with Crippen molar-refractivity contribution in [3.8, 4) is 29.0 Å². The van der Waals surface area contributed by atoms with Crippen molar-refractivity contribution >= 4 is 46.9 Å². The normalized spacial score (nSPS) is 14.6. The number of aliphatic carboxylic acids is 2. The van der Waals surface area contributed by atoms with Gasteiger partial charge in [-0.1, -0.05) is 59.6 Å². The van der Waals surface area contributed by atoms with Gasteiger partial charge < -0.3 is 40.5 Å². The number of carboxylic acids is 2. The molecule has 0 fully saturated rings. The van der Waals surface area contributed by atoms with Gasteiger partial charge in [0.05, 0.1) is 35.3 Å². The lowest BCUT2D eigenvalue weighted by Gasteiger charge is -2.23. The maximum Gasteiger partial charge on any atom is 0.326 e. The number of anilines is 1. The fraction of sp³-hybridized carbons (Fsp3) is 0.279. The van der Waals surface area contributed by atoms with Crippen molar-refractivity contribution in [1.29, 1.82) is 5.26 Å². The highest BCUT2D eigenvalue weighted by atomic mass is 35.5. The number of carbonyl (C=O) groups excluding carboxylic acids is 1. The Labute approximate surface area is 360 Å². The lowest BCUT2D eigenvalue weighted by atomic mass is 9.95. The van der Waals surface area contributed by atoms with Crippen molar-refractivity contribution in [1.82, 2.24) is 25.6 Å². The van der Waals surface area contributed by atoms with Crippen LogP contribution in [0, 0.1) is 11.3 Å². The van der Waals surface area contributed by atoms with Crippen molar-refractivity contribution < 1.29 is 44.3 Å². The summed E-state index contributed by atoms with van der Waals surface area (Å²) < 4.78 is 12.6. The summed E-state index contributed by atoms with van der Waals surface area (Å²) in [4.78, 5) is 49.0. The number of benzene rings is 2. The van der Waals surface area contributed by atoms with Crippen LogP contribution in [0.2, 0.25) is 10.0 Å². The Morgan fingerprint density at radius 2 is 1.79 bits per heavy atom. The molecule has 0 spiro atoms. The van der Waals surface area contributed by atoms with Gasteiger partial charge in [-0.25, -0.2) is 4.98 Å². The SMILES string of the molecule is CC(CO)(NCc1ccc(NC(=O)c2cccc(-c3cccc4c3CC[C@@H]4Oc3nc(OCc4cncc(C#N)c4)c(CNCC(O)CC(=O)O)cc3Cl)c2Cl)nc1)C(=O)O. The highest BCUT2D eigenvalue weighted by Gasteiger charge is 2.32. The molecule has 16 nitrogen and oxygen atoms in total. The first-order valence-electron chi connectivity index (χ1n) is 19.0. The Morgan fingerprint density at radius 1 is 1.00 bits per heavy atom. The molecule has 5 aromatic rings. The van der Waals surface area contributed by atoms with E-state index in [1.54, 1.807) is 42.6 Å². The molecule has 0 aliphatic heterocycles. The van der Waals surface area contributed by atoms with Crippen molar-refractivity contribution in [2.24, 2.45) is 0 Å². The number of aliphatic hydroxyl groups excluding tert-OH is 2. The highest BCUT2D eigenvalue weighted by molar-refractivity contribution is 6.37. The molecule has 1 aliphatic rings. The summed E-state index contributed by atoms with van der Waals surface area (Å²) in [6, 6.07) is 19.5. The summed E-state index contributed by atoms with van der Waals surface area (Å²) in [7, 11) is 0. The van der Waals surface area contributed by atoms with Gasteiger partial charge in [0, 0.05) is 54.9 Å². The van der Waals surface area contributed by atoms with Crippen LogP contribution in [0.1, 0.15) is 69.6 Å². The summed E-state index contributed by atoms with van der Waals surface area (Å²) in [5.74, 6) is -2.28. The first kappa shape index (κ1) is 44.4. The Morgan fingerprint density at radius 3 is 2.51 bits per heavy atom. The van der Waals surface area contributed by atoms with Gasteiger partial charge in [0.2, 0.25) is 11.8 Å². The minimum absolute atomic E-state index is 0.0106. The van der Waals surface area contributed by atoms with Gasteiger partial charge in [0.1, 0.15) is 35.2 Å². The number of aliphatic hydroxyl groups is 2. The van der Waals surface area contributed by atoms with Crippen LogP contribution in [0.25, 0.3) is 11.1 Å². The number of aromatic nitrogens is 3. The second-order valence-electron chi connectivity index (χ2n) is 14.4. The number of ether oxygens (including phenoxy) is 2. The molecule has 61 heavy (non-hydrogen) atoms. The number of carboxylic acid groups (broad SMARTS) is 2. The molecule has 7 N–H and O–H groups in total. The summed E-state index contributed by atoms with van der Waals surface area (Å²) in [5, 5.41) is 56.2. The number of amides is 1. The van der Waals surface area contributed by atoms with Crippen LogP contribution in [-0.2, 0) is 35.7 Å². The molecular weight excluding hydrogens is 829 g/mol. The fourth-order valence-electron chi connectivity index (χ4n) is 6.58. The van der Waals surface area contributed by atoms with Crippen LogP contribution in [0.15, 0.2) is 79.3 Å². The van der Waals surface area contributed by atoms with Gasteiger partial charge in [-0.3, -0.25) is 24.7 Å². The number of nitrogens with one attached hydrogen (secondary N) is 3. The van der Waals surface area contributed by atoms with E-state index < -0.39 is 48.6 Å². The molecule has 0 radical (unpaired) electrons. The third kappa shape index (κ3) is 11.0. The molecule has 3 aromatic heterocycles. The number of hydrogen-bond donors (Lipinski definition) is 7. The molecule has 0 bridgehead atoms. The van der Waals surface area contributed by atoms with E-state index in [1.165, 1.54) is 19.3 Å². The Balaban J connectivity index is 1.19. The summed E-state index contributed by atoms with van der Waals surface area (Å²) in [6.45, 7) is 1.03. The average Bonchev–Trinajstić information content (AvgIpc) is 3.66. The minimum Gasteiger partial charge on any atom is -0.481 e. The predicted octanol–water partition coefficient (Wildman–Crippen LogP) is 5.47. The van der Waals surface area contributed by atoms with E-state index in [-0.39, 0.29) is 59.4 Å². The van der Waals surface area contributed by atoms with Crippen LogP contribution < -0.4 is 25.4 Å². The minimum atomic E-state index is -1.52. The van der Waals surface area contributed by atoms with E-state index in [2.05, 4.69) is 30.9 Å². The van der Waals surface area contributed by atoms with E-state index in [0.29, 0.717) is 40.7 Å². The van der Waals surface area contributed by atoms with Crippen LogP contribution >= 0.6 is 23.2 Å². The number of hydrogen-bond acceptors (Lipinski definition) is 13. The second kappa shape index (κ2) is 19.9. The third-order valence-corrected chi connectivity index (χ3v) is 10.6. The lowest BCUT2D eigenvalue weighted by molar-refractivity contribution is -0.146. The number of pyridine rings is 3. The maximum atomic E-state index is 13.5. The van der Waals surface area contributed by atoms with Crippen molar-refractivity contribution in [3.05, 3.63) is 128 Å². The molecule has 1 amide bonds. The Kier molecular flexibility index (Phi) is 14.5. The molecule has 2 aromatic carbocycles. The summed E-state index contributed by atoms with van der Waals surface area (Å²) in [6.07, 6.45) is 3.66. The number of carbonyl (C=O) groups is 3. The van der Waals surface area contributed by atoms with Gasteiger partial charge in [-0.15, -0.1) is 0 Å². The van der Waals surface area contributed by atoms with Crippen LogP contribution in [0.4, 0.5) is 5.82 Å². The zero-order valence-corrected chi connectivity index (χ0v) is 34.2. The van der Waals surface area contributed by atoms with E-state index in [9.17, 15) is 35.0 Å². The van der Waals surface area contributed by atoms with Gasteiger partial charge in [0.25, 0.3) is 5.91 Å². The number of rotatable bonds is 19. The number of fused-ring (bicyclic) bond motifs is 1. The molecule has 0 saturated carbocycles. The molecule has 1 aliphatic carbocycles. The molecule has 3 heterocycles. The van der Waals surface area contributed by atoms with Crippen LogP contribution in [-0.4, -0.2) is 78.0 Å². The van der Waals surface area contributed by atoms with Gasteiger partial charge >= 0.3 is 11.9 Å². The first-order valence-corrected chi connectivity index (χ1v) is 19.7. The van der Waals surface area contributed by atoms with E-state index in [0.717, 1.165) is 16.7 Å². The van der Waals surface area contributed by atoms with Crippen molar-refractivity contribution in [3.63, 3.8) is 0 Å². The number of nitrogens with zero attached hydrogens (tertiary/aromatic N) is 4. The van der Waals surface area contributed by atoms with E-state index in [4.69, 9.17) is 37.8 Å². The third-order valence-electron chi connectivity index (χ3n) is 9.93. The topological polar surface area (TPSA) is 249 Å². The molecular formula is C43H41Cl2N7O9. The summed E-state index contributed by atoms with van der Waals surface area (Å²) >= 11 is 13.7. The van der Waals surface area contributed by atoms with E-state index in [1.807, 2.05) is 30.3 Å². The maximum absolute atomic E-state index is 13.5. The van der Waals surface area contributed by atoms with Gasteiger partial charge in [-0.2, -0.15) is 10.2 Å². The molecule has 2 unspecified atom stereocenters. The Bertz CT molecular complexity index is 2470. The largest absolute Gasteiger partial charge is 0.481 e. The molecule has 0 saturated heterocycles. The molecule has 3 atom stereocenters. The van der Waals surface area contributed by atoms with Gasteiger partial charge in [0.15, 0.2) is 0 Å². The zero-order valence-electron chi connectivity index (χ0n) is 32.7. The fourth-order valence-corrected chi connectivity index (χ4v) is 7.11. The van der Waals surface area contributed by atoms with Gasteiger partial charge in [-0.05, 0) is 66.3 Å². The Hall–Kier alpha value is -6.19. The first-order chi connectivity index (χ1) is 29.3. The van der Waals surface area contributed by atoms with Crippen LogP contribution in [0.5, 0.6) is 11.8 Å². The van der Waals surface area contributed by atoms with Crippen molar-refractivity contribution in [2.45, 2.75) is 63.6 Å². The highest BCUT2D eigenvalue weighted by Crippen LogP contribution is 2.43. The molecule has 18 heteroatoms. The zero-order chi connectivity index (χ0) is 43.7. The smallest absolute Gasteiger partial charge is 0.326 e. The second-order valence-corrected chi connectivity index (χ2v) is 15.2. The van der Waals surface area contributed by atoms with Crippen molar-refractivity contribution in [2.75, 3.05) is 18.5 Å². The molecule has 6 rings (SSSR count). The quantitative estimate of drug-likeness (QED) is 0.0544. The number of nitriles is 1. The van der Waals surface area contributed by atoms with Crippen LogP contribution in [0.3, 0.4) is 0 Å². The lowest BCUT2D eigenvalue weighted by Crippen LogP contribution is -2.52. The summed E-state index contributed by atoms with van der Waals surface area (Å²) in [5.41, 5.74) is 4.13. The molecule has 316 valence electrons.